The summed E-state index contributed by atoms with van der Waals surface area (Å²) in [7, 11) is 0. The summed E-state index contributed by atoms with van der Waals surface area (Å²) in [6.07, 6.45) is -1.05. The lowest BCUT2D eigenvalue weighted by atomic mass is 10.1. The van der Waals surface area contributed by atoms with Gasteiger partial charge in [-0.3, -0.25) is 4.79 Å². The standard InChI is InChI=1S/C23H20INO3/c1-15-8-9-16(2)20(14-15)25-22(26)21(17-6-4-3-5-7-17)28-23(27)18-10-12-19(24)13-11-18/h3-14,21H,1-2H3,(H,25,26)/t21-/m1/s1. The molecule has 0 bridgehead atoms. The van der Waals surface area contributed by atoms with Crippen molar-refractivity contribution in [2.45, 2.75) is 20.0 Å². The molecule has 0 aliphatic heterocycles. The lowest BCUT2D eigenvalue weighted by Gasteiger charge is -2.19. The van der Waals surface area contributed by atoms with Crippen molar-refractivity contribution >= 4 is 40.2 Å². The number of benzene rings is 3. The van der Waals surface area contributed by atoms with Crippen LogP contribution in [0.4, 0.5) is 5.69 Å². The molecule has 1 N–H and O–H groups in total. The first-order chi connectivity index (χ1) is 13.4. The van der Waals surface area contributed by atoms with Gasteiger partial charge in [0.1, 0.15) is 0 Å². The summed E-state index contributed by atoms with van der Waals surface area (Å²) in [5.41, 5.74) is 3.70. The second-order valence-corrected chi connectivity index (χ2v) is 7.76. The van der Waals surface area contributed by atoms with Crippen molar-refractivity contribution in [2.75, 3.05) is 5.32 Å². The number of esters is 1. The number of aryl methyl sites for hydroxylation is 2. The van der Waals surface area contributed by atoms with Crippen LogP contribution in [0.25, 0.3) is 0 Å². The third-order valence-corrected chi connectivity index (χ3v) is 5.02. The predicted octanol–water partition coefficient (Wildman–Crippen LogP) is 5.44. The zero-order chi connectivity index (χ0) is 20.1. The first-order valence-electron chi connectivity index (χ1n) is 8.83. The molecule has 0 aliphatic carbocycles. The molecule has 0 radical (unpaired) electrons. The SMILES string of the molecule is Cc1ccc(C)c(NC(=O)[C@H](OC(=O)c2ccc(I)cc2)c2ccccc2)c1. The normalized spacial score (nSPS) is 11.5. The lowest BCUT2D eigenvalue weighted by molar-refractivity contribution is -0.125. The molecule has 1 atom stereocenters. The van der Waals surface area contributed by atoms with E-state index in [-0.39, 0.29) is 0 Å². The van der Waals surface area contributed by atoms with Crippen LogP contribution < -0.4 is 5.32 Å². The molecular formula is C23H20INO3. The zero-order valence-corrected chi connectivity index (χ0v) is 17.8. The summed E-state index contributed by atoms with van der Waals surface area (Å²) in [5.74, 6) is -0.930. The van der Waals surface area contributed by atoms with Crippen LogP contribution in [0.15, 0.2) is 72.8 Å². The predicted molar refractivity (Wildman–Crippen MR) is 118 cm³/mol. The van der Waals surface area contributed by atoms with Gasteiger partial charge in [-0.05, 0) is 77.9 Å². The van der Waals surface area contributed by atoms with E-state index in [4.69, 9.17) is 4.74 Å². The Morgan fingerprint density at radius 1 is 0.929 bits per heavy atom. The number of anilines is 1. The molecule has 0 unspecified atom stereocenters. The van der Waals surface area contributed by atoms with Crippen LogP contribution in [0.5, 0.6) is 0 Å². The highest BCUT2D eigenvalue weighted by atomic mass is 127. The molecule has 0 spiro atoms. The summed E-state index contributed by atoms with van der Waals surface area (Å²) in [6.45, 7) is 3.88. The third kappa shape index (κ3) is 4.98. The van der Waals surface area contributed by atoms with E-state index in [0.717, 1.165) is 14.7 Å². The number of carbonyl (C=O) groups is 2. The maximum Gasteiger partial charge on any atom is 0.339 e. The van der Waals surface area contributed by atoms with Gasteiger partial charge in [0.05, 0.1) is 5.56 Å². The number of carbonyl (C=O) groups excluding carboxylic acids is 2. The second-order valence-electron chi connectivity index (χ2n) is 6.51. The van der Waals surface area contributed by atoms with Gasteiger partial charge in [0.2, 0.25) is 6.10 Å². The van der Waals surface area contributed by atoms with Crippen molar-refractivity contribution in [3.8, 4) is 0 Å². The number of amides is 1. The van der Waals surface area contributed by atoms with E-state index in [2.05, 4.69) is 27.9 Å². The van der Waals surface area contributed by atoms with Crippen LogP contribution in [0.1, 0.15) is 33.2 Å². The Morgan fingerprint density at radius 3 is 2.29 bits per heavy atom. The van der Waals surface area contributed by atoms with E-state index >= 15 is 0 Å². The maximum atomic E-state index is 13.0. The van der Waals surface area contributed by atoms with Gasteiger partial charge in [0.25, 0.3) is 5.91 Å². The van der Waals surface area contributed by atoms with Gasteiger partial charge in [-0.15, -0.1) is 0 Å². The Labute approximate surface area is 178 Å². The third-order valence-electron chi connectivity index (χ3n) is 4.30. The minimum Gasteiger partial charge on any atom is -0.444 e. The number of nitrogens with one attached hydrogen (secondary N) is 1. The molecule has 0 aromatic heterocycles. The Bertz CT molecular complexity index is 984. The minimum atomic E-state index is -1.05. The molecule has 5 heteroatoms. The molecule has 0 aliphatic rings. The van der Waals surface area contributed by atoms with Crippen LogP contribution in [-0.4, -0.2) is 11.9 Å². The molecular weight excluding hydrogens is 465 g/mol. The van der Waals surface area contributed by atoms with E-state index in [9.17, 15) is 9.59 Å². The number of halogens is 1. The Hall–Kier alpha value is -2.67. The molecule has 3 aromatic rings. The summed E-state index contributed by atoms with van der Waals surface area (Å²) in [5, 5.41) is 2.90. The molecule has 3 rings (SSSR count). The highest BCUT2D eigenvalue weighted by molar-refractivity contribution is 14.1. The summed E-state index contributed by atoms with van der Waals surface area (Å²) >= 11 is 2.17. The lowest BCUT2D eigenvalue weighted by Crippen LogP contribution is -2.26. The van der Waals surface area contributed by atoms with E-state index in [1.165, 1.54) is 0 Å². The fourth-order valence-electron chi connectivity index (χ4n) is 2.73. The van der Waals surface area contributed by atoms with Gasteiger partial charge >= 0.3 is 5.97 Å². The Kier molecular flexibility index (Phi) is 6.46. The minimum absolute atomic E-state index is 0.390. The molecule has 3 aromatic carbocycles. The van der Waals surface area contributed by atoms with Gasteiger partial charge in [-0.1, -0.05) is 42.5 Å². The number of hydrogen-bond donors (Lipinski definition) is 1. The van der Waals surface area contributed by atoms with E-state index < -0.39 is 18.0 Å². The second kappa shape index (κ2) is 9.01. The van der Waals surface area contributed by atoms with Gasteiger partial charge in [-0.2, -0.15) is 0 Å². The summed E-state index contributed by atoms with van der Waals surface area (Å²) in [4.78, 5) is 25.6. The maximum absolute atomic E-state index is 13.0. The zero-order valence-electron chi connectivity index (χ0n) is 15.6. The molecule has 0 saturated carbocycles. The number of ether oxygens (including phenoxy) is 1. The topological polar surface area (TPSA) is 55.4 Å². The number of rotatable bonds is 5. The van der Waals surface area contributed by atoms with E-state index in [1.807, 2.05) is 62.4 Å². The van der Waals surface area contributed by atoms with Crippen LogP contribution in [0.2, 0.25) is 0 Å². The molecule has 0 fully saturated rings. The van der Waals surface area contributed by atoms with Crippen molar-refractivity contribution in [1.29, 1.82) is 0 Å². The van der Waals surface area contributed by atoms with Crippen molar-refractivity contribution in [1.82, 2.24) is 0 Å². The fourth-order valence-corrected chi connectivity index (χ4v) is 3.09. The van der Waals surface area contributed by atoms with Gasteiger partial charge in [0, 0.05) is 14.8 Å². The van der Waals surface area contributed by atoms with Crippen molar-refractivity contribution in [2.24, 2.45) is 0 Å². The van der Waals surface area contributed by atoms with Crippen LogP contribution in [-0.2, 0) is 9.53 Å². The average molecular weight is 485 g/mol. The van der Waals surface area contributed by atoms with Crippen LogP contribution in [0, 0.1) is 17.4 Å². The largest absolute Gasteiger partial charge is 0.444 e. The van der Waals surface area contributed by atoms with Crippen LogP contribution in [0.3, 0.4) is 0 Å². The monoisotopic (exact) mass is 485 g/mol. The van der Waals surface area contributed by atoms with Gasteiger partial charge in [-0.25, -0.2) is 4.79 Å². The number of hydrogen-bond acceptors (Lipinski definition) is 3. The Balaban J connectivity index is 1.86. The van der Waals surface area contributed by atoms with E-state index in [1.54, 1.807) is 24.3 Å². The first-order valence-corrected chi connectivity index (χ1v) is 9.91. The summed E-state index contributed by atoms with van der Waals surface area (Å²) < 4.78 is 6.63. The smallest absolute Gasteiger partial charge is 0.339 e. The molecule has 142 valence electrons. The highest BCUT2D eigenvalue weighted by Crippen LogP contribution is 2.24. The van der Waals surface area contributed by atoms with Gasteiger partial charge < -0.3 is 10.1 Å². The molecule has 0 heterocycles. The molecule has 28 heavy (non-hydrogen) atoms. The average Bonchev–Trinajstić information content (AvgIpc) is 2.70. The van der Waals surface area contributed by atoms with Gasteiger partial charge in [0.15, 0.2) is 0 Å². The van der Waals surface area contributed by atoms with Crippen molar-refractivity contribution in [3.05, 3.63) is 98.6 Å². The molecule has 4 nitrogen and oxygen atoms in total. The van der Waals surface area contributed by atoms with Crippen LogP contribution >= 0.6 is 22.6 Å². The van der Waals surface area contributed by atoms with Crippen molar-refractivity contribution < 1.29 is 14.3 Å². The quantitative estimate of drug-likeness (QED) is 0.387. The Morgan fingerprint density at radius 2 is 1.61 bits per heavy atom. The summed E-state index contributed by atoms with van der Waals surface area (Å²) in [6, 6.07) is 21.9. The highest BCUT2D eigenvalue weighted by Gasteiger charge is 2.26. The fraction of sp³-hybridized carbons (Fsp3) is 0.130. The van der Waals surface area contributed by atoms with Crippen molar-refractivity contribution in [3.63, 3.8) is 0 Å². The molecule has 0 saturated heterocycles. The van der Waals surface area contributed by atoms with E-state index in [0.29, 0.717) is 16.8 Å². The molecule has 1 amide bonds. The first kappa shape index (κ1) is 20.1.